The van der Waals surface area contributed by atoms with Crippen LogP contribution >= 0.6 is 0 Å². The van der Waals surface area contributed by atoms with E-state index in [9.17, 15) is 5.11 Å². The van der Waals surface area contributed by atoms with Crippen molar-refractivity contribution in [3.63, 3.8) is 0 Å². The van der Waals surface area contributed by atoms with Gasteiger partial charge in [-0.2, -0.15) is 0 Å². The van der Waals surface area contributed by atoms with Crippen LogP contribution < -0.4 is 5.73 Å². The van der Waals surface area contributed by atoms with Gasteiger partial charge >= 0.3 is 0 Å². The maximum atomic E-state index is 9.62. The van der Waals surface area contributed by atoms with E-state index < -0.39 is 5.60 Å². The second-order valence-electron chi connectivity index (χ2n) is 3.51. The fourth-order valence-electron chi connectivity index (χ4n) is 1.10. The average molecular weight is 166 g/mol. The van der Waals surface area contributed by atoms with Gasteiger partial charge in [0.15, 0.2) is 0 Å². The molecule has 1 rings (SSSR count). The van der Waals surface area contributed by atoms with Crippen LogP contribution in [-0.2, 0) is 5.60 Å². The maximum absolute atomic E-state index is 9.62. The molecule has 0 fully saturated rings. The molecule has 3 heteroatoms. The van der Waals surface area contributed by atoms with Crippen LogP contribution in [0.25, 0.3) is 0 Å². The number of nitrogens with zero attached hydrogens (tertiary/aromatic N) is 1. The van der Waals surface area contributed by atoms with E-state index >= 15 is 0 Å². The van der Waals surface area contributed by atoms with Crippen molar-refractivity contribution in [3.8, 4) is 0 Å². The molecular formula is C9H14N2O. The zero-order valence-corrected chi connectivity index (χ0v) is 7.63. The number of nitrogen functional groups attached to an aromatic ring is 1. The van der Waals surface area contributed by atoms with Crippen LogP contribution in [0.2, 0.25) is 0 Å². The Morgan fingerprint density at radius 1 is 1.50 bits per heavy atom. The molecule has 12 heavy (non-hydrogen) atoms. The number of pyridine rings is 1. The molecule has 1 aromatic rings. The summed E-state index contributed by atoms with van der Waals surface area (Å²) in [6, 6.07) is 1.81. The Bertz CT molecular complexity index is 289. The number of aryl methyl sites for hydroxylation is 1. The lowest BCUT2D eigenvalue weighted by atomic mass is 10.0. The summed E-state index contributed by atoms with van der Waals surface area (Å²) in [4.78, 5) is 4.07. The molecule has 0 amide bonds. The number of hydrogen-bond donors (Lipinski definition) is 2. The lowest BCUT2D eigenvalue weighted by Gasteiger charge is -2.18. The average Bonchev–Trinajstić information content (AvgIpc) is 1.83. The summed E-state index contributed by atoms with van der Waals surface area (Å²) in [5, 5.41) is 9.62. The maximum Gasteiger partial charge on any atom is 0.103 e. The summed E-state index contributed by atoms with van der Waals surface area (Å²) in [5.74, 6) is 0. The van der Waals surface area contributed by atoms with E-state index in [2.05, 4.69) is 4.98 Å². The van der Waals surface area contributed by atoms with Crippen LogP contribution in [0, 0.1) is 6.92 Å². The van der Waals surface area contributed by atoms with Crippen LogP contribution in [0.4, 0.5) is 5.69 Å². The molecule has 0 saturated heterocycles. The number of rotatable bonds is 1. The lowest BCUT2D eigenvalue weighted by molar-refractivity contribution is 0.0747. The number of aliphatic hydroxyl groups is 1. The second-order valence-corrected chi connectivity index (χ2v) is 3.51. The second kappa shape index (κ2) is 2.75. The molecule has 0 aliphatic carbocycles. The van der Waals surface area contributed by atoms with Crippen LogP contribution in [0.5, 0.6) is 0 Å². The summed E-state index contributed by atoms with van der Waals surface area (Å²) >= 11 is 0. The Labute approximate surface area is 72.2 Å². The van der Waals surface area contributed by atoms with Crippen molar-refractivity contribution in [2.45, 2.75) is 26.4 Å². The van der Waals surface area contributed by atoms with Crippen molar-refractivity contribution in [2.24, 2.45) is 0 Å². The SMILES string of the molecule is Cc1cnc(C(C)(C)O)c(N)c1. The third-order valence-electron chi connectivity index (χ3n) is 1.63. The largest absolute Gasteiger partial charge is 0.397 e. The third-order valence-corrected chi connectivity index (χ3v) is 1.63. The molecule has 1 heterocycles. The topological polar surface area (TPSA) is 59.1 Å². The van der Waals surface area contributed by atoms with Gasteiger partial charge in [0.2, 0.25) is 0 Å². The van der Waals surface area contributed by atoms with E-state index in [-0.39, 0.29) is 0 Å². The Morgan fingerprint density at radius 2 is 2.08 bits per heavy atom. The summed E-state index contributed by atoms with van der Waals surface area (Å²) < 4.78 is 0. The predicted molar refractivity (Wildman–Crippen MR) is 48.6 cm³/mol. The zero-order valence-electron chi connectivity index (χ0n) is 7.63. The monoisotopic (exact) mass is 166 g/mol. The predicted octanol–water partition coefficient (Wildman–Crippen LogP) is 1.20. The molecular weight excluding hydrogens is 152 g/mol. The Kier molecular flexibility index (Phi) is 2.06. The van der Waals surface area contributed by atoms with Crippen molar-refractivity contribution in [2.75, 3.05) is 5.73 Å². The van der Waals surface area contributed by atoms with Crippen molar-refractivity contribution >= 4 is 5.69 Å². The molecule has 0 bridgehead atoms. The van der Waals surface area contributed by atoms with Gasteiger partial charge in [-0.15, -0.1) is 0 Å². The summed E-state index contributed by atoms with van der Waals surface area (Å²) in [5.41, 5.74) is 6.80. The minimum Gasteiger partial charge on any atom is -0.397 e. The van der Waals surface area contributed by atoms with Crippen molar-refractivity contribution in [1.82, 2.24) is 4.98 Å². The third kappa shape index (κ3) is 1.74. The lowest BCUT2D eigenvalue weighted by Crippen LogP contribution is -2.19. The first-order chi connectivity index (χ1) is 5.41. The van der Waals surface area contributed by atoms with E-state index in [1.54, 1.807) is 26.1 Å². The van der Waals surface area contributed by atoms with Gasteiger partial charge < -0.3 is 10.8 Å². The highest BCUT2D eigenvalue weighted by atomic mass is 16.3. The van der Waals surface area contributed by atoms with Gasteiger partial charge in [0.1, 0.15) is 5.60 Å². The number of aromatic nitrogens is 1. The van der Waals surface area contributed by atoms with Gasteiger partial charge in [0.05, 0.1) is 11.4 Å². The first-order valence-corrected chi connectivity index (χ1v) is 3.86. The van der Waals surface area contributed by atoms with Gasteiger partial charge in [0, 0.05) is 6.20 Å². The Hall–Kier alpha value is -1.09. The molecule has 0 saturated carbocycles. The minimum atomic E-state index is -0.961. The normalized spacial score (nSPS) is 11.7. The van der Waals surface area contributed by atoms with E-state index in [0.29, 0.717) is 11.4 Å². The number of anilines is 1. The highest BCUT2D eigenvalue weighted by molar-refractivity contribution is 5.46. The highest BCUT2D eigenvalue weighted by Gasteiger charge is 2.20. The van der Waals surface area contributed by atoms with E-state index in [4.69, 9.17) is 5.73 Å². The van der Waals surface area contributed by atoms with Crippen LogP contribution in [0.1, 0.15) is 25.1 Å². The van der Waals surface area contributed by atoms with Crippen molar-refractivity contribution < 1.29 is 5.11 Å². The first kappa shape index (κ1) is 9.00. The van der Waals surface area contributed by atoms with Gasteiger partial charge in [-0.3, -0.25) is 4.98 Å². The summed E-state index contributed by atoms with van der Waals surface area (Å²) in [7, 11) is 0. The Balaban J connectivity index is 3.19. The molecule has 0 unspecified atom stereocenters. The molecule has 1 aromatic heterocycles. The van der Waals surface area contributed by atoms with Crippen LogP contribution in [0.15, 0.2) is 12.3 Å². The molecule has 0 atom stereocenters. The summed E-state index contributed by atoms with van der Waals surface area (Å²) in [6.45, 7) is 5.25. The minimum absolute atomic E-state index is 0.535. The Morgan fingerprint density at radius 3 is 2.50 bits per heavy atom. The standard InChI is InChI=1S/C9H14N2O/c1-6-4-7(10)8(11-5-6)9(2,3)12/h4-5,12H,10H2,1-3H3. The van der Waals surface area contributed by atoms with Gasteiger partial charge in [-0.25, -0.2) is 0 Å². The van der Waals surface area contributed by atoms with Crippen LogP contribution in [0.3, 0.4) is 0 Å². The quantitative estimate of drug-likeness (QED) is 0.659. The number of hydrogen-bond acceptors (Lipinski definition) is 3. The molecule has 3 N–H and O–H groups in total. The molecule has 0 aliphatic heterocycles. The summed E-state index contributed by atoms with van der Waals surface area (Å²) in [6.07, 6.45) is 1.70. The zero-order chi connectivity index (χ0) is 9.35. The molecule has 3 nitrogen and oxygen atoms in total. The first-order valence-electron chi connectivity index (χ1n) is 3.86. The molecule has 0 aliphatic rings. The highest BCUT2D eigenvalue weighted by Crippen LogP contribution is 2.23. The smallest absolute Gasteiger partial charge is 0.103 e. The fraction of sp³-hybridized carbons (Fsp3) is 0.444. The molecule has 0 spiro atoms. The molecule has 0 aromatic carbocycles. The van der Waals surface area contributed by atoms with E-state index in [1.807, 2.05) is 6.92 Å². The van der Waals surface area contributed by atoms with E-state index in [1.165, 1.54) is 0 Å². The van der Waals surface area contributed by atoms with Crippen LogP contribution in [-0.4, -0.2) is 10.1 Å². The van der Waals surface area contributed by atoms with Crippen molar-refractivity contribution in [1.29, 1.82) is 0 Å². The molecule has 0 radical (unpaired) electrons. The van der Waals surface area contributed by atoms with E-state index in [0.717, 1.165) is 5.56 Å². The van der Waals surface area contributed by atoms with Gasteiger partial charge in [-0.1, -0.05) is 0 Å². The number of nitrogens with two attached hydrogens (primary N) is 1. The van der Waals surface area contributed by atoms with Gasteiger partial charge in [-0.05, 0) is 32.4 Å². The molecule has 66 valence electrons. The fourth-order valence-corrected chi connectivity index (χ4v) is 1.10. The van der Waals surface area contributed by atoms with Crippen molar-refractivity contribution in [3.05, 3.63) is 23.5 Å². The van der Waals surface area contributed by atoms with Gasteiger partial charge in [0.25, 0.3) is 0 Å².